The van der Waals surface area contributed by atoms with Crippen LogP contribution >= 0.6 is 0 Å². The summed E-state index contributed by atoms with van der Waals surface area (Å²) in [5, 5.41) is 8.96. The summed E-state index contributed by atoms with van der Waals surface area (Å²) in [6.07, 6.45) is 5.25. The summed E-state index contributed by atoms with van der Waals surface area (Å²) >= 11 is 0. The van der Waals surface area contributed by atoms with Gasteiger partial charge in [0.1, 0.15) is 6.07 Å². The highest BCUT2D eigenvalue weighted by atomic mass is 15.2. The summed E-state index contributed by atoms with van der Waals surface area (Å²) in [6.45, 7) is 4.25. The van der Waals surface area contributed by atoms with E-state index in [0.717, 1.165) is 31.2 Å². The topological polar surface area (TPSA) is 65.9 Å². The van der Waals surface area contributed by atoms with Crippen molar-refractivity contribution in [3.05, 3.63) is 17.8 Å². The first kappa shape index (κ1) is 11.7. The van der Waals surface area contributed by atoms with Crippen LogP contribution in [-0.4, -0.2) is 18.1 Å². The molecule has 2 heterocycles. The average Bonchev–Trinajstić information content (AvgIpc) is 2.54. The van der Waals surface area contributed by atoms with Crippen LogP contribution < -0.4 is 10.6 Å². The van der Waals surface area contributed by atoms with Crippen LogP contribution in [0.2, 0.25) is 0 Å². The minimum atomic E-state index is 0.518. The Kier molecular flexibility index (Phi) is 3.48. The van der Waals surface area contributed by atoms with Gasteiger partial charge in [0, 0.05) is 19.3 Å². The van der Waals surface area contributed by atoms with Crippen molar-refractivity contribution < 1.29 is 0 Å². The molecule has 1 unspecified atom stereocenters. The normalized spacial score (nSPS) is 20.7. The number of rotatable bonds is 1. The van der Waals surface area contributed by atoms with Gasteiger partial charge in [0.25, 0.3) is 0 Å². The minimum absolute atomic E-state index is 0.518. The van der Waals surface area contributed by atoms with Crippen LogP contribution in [0.25, 0.3) is 0 Å². The van der Waals surface area contributed by atoms with Gasteiger partial charge in [0.2, 0.25) is 0 Å². The van der Waals surface area contributed by atoms with E-state index in [0.29, 0.717) is 11.3 Å². The van der Waals surface area contributed by atoms with E-state index in [1.54, 1.807) is 12.3 Å². The summed E-state index contributed by atoms with van der Waals surface area (Å²) < 4.78 is 0. The minimum Gasteiger partial charge on any atom is -0.395 e. The fourth-order valence-corrected chi connectivity index (χ4v) is 2.29. The second kappa shape index (κ2) is 5.05. The predicted octanol–water partition coefficient (Wildman–Crippen LogP) is 2.16. The number of nitriles is 1. The Morgan fingerprint density at radius 3 is 3.06 bits per heavy atom. The van der Waals surface area contributed by atoms with Crippen molar-refractivity contribution in [3.63, 3.8) is 0 Å². The molecule has 4 nitrogen and oxygen atoms in total. The first-order chi connectivity index (χ1) is 8.22. The highest BCUT2D eigenvalue weighted by Crippen LogP contribution is 2.27. The highest BCUT2D eigenvalue weighted by molar-refractivity contribution is 5.69. The third kappa shape index (κ3) is 2.50. The van der Waals surface area contributed by atoms with Crippen LogP contribution in [0, 0.1) is 17.2 Å². The Morgan fingerprint density at radius 2 is 2.29 bits per heavy atom. The van der Waals surface area contributed by atoms with Crippen molar-refractivity contribution in [1.29, 1.82) is 5.26 Å². The molecule has 90 valence electrons. The molecule has 0 amide bonds. The van der Waals surface area contributed by atoms with Crippen molar-refractivity contribution in [2.75, 3.05) is 23.7 Å². The Hall–Kier alpha value is -1.76. The maximum atomic E-state index is 8.96. The van der Waals surface area contributed by atoms with Gasteiger partial charge in [-0.3, -0.25) is 0 Å². The van der Waals surface area contributed by atoms with E-state index in [-0.39, 0.29) is 0 Å². The van der Waals surface area contributed by atoms with Gasteiger partial charge in [0.15, 0.2) is 5.82 Å². The van der Waals surface area contributed by atoms with E-state index in [1.165, 1.54) is 12.8 Å². The largest absolute Gasteiger partial charge is 0.395 e. The van der Waals surface area contributed by atoms with E-state index in [2.05, 4.69) is 22.9 Å². The van der Waals surface area contributed by atoms with E-state index >= 15 is 0 Å². The Labute approximate surface area is 102 Å². The second-order valence-corrected chi connectivity index (χ2v) is 4.73. The molecule has 2 N–H and O–H groups in total. The number of aromatic nitrogens is 1. The van der Waals surface area contributed by atoms with Crippen LogP contribution in [0.1, 0.15) is 31.7 Å². The van der Waals surface area contributed by atoms with Gasteiger partial charge in [-0.1, -0.05) is 6.92 Å². The van der Waals surface area contributed by atoms with Crippen molar-refractivity contribution in [2.24, 2.45) is 5.92 Å². The fraction of sp³-hybridized carbons (Fsp3) is 0.538. The summed E-state index contributed by atoms with van der Waals surface area (Å²) in [5.74, 6) is 1.54. The zero-order valence-electron chi connectivity index (χ0n) is 10.2. The maximum Gasteiger partial charge on any atom is 0.153 e. The molecule has 1 fully saturated rings. The maximum absolute atomic E-state index is 8.96. The molecular weight excluding hydrogens is 212 g/mol. The summed E-state index contributed by atoms with van der Waals surface area (Å²) in [5.41, 5.74) is 7.02. The van der Waals surface area contributed by atoms with Gasteiger partial charge in [-0.2, -0.15) is 5.26 Å². The Bertz CT molecular complexity index is 436. The SMILES string of the molecule is CC1CCCN(c2nccc(C#N)c2N)CC1. The molecule has 0 bridgehead atoms. The number of nitrogens with two attached hydrogens (primary N) is 1. The van der Waals surface area contributed by atoms with Crippen molar-refractivity contribution >= 4 is 11.5 Å². The van der Waals surface area contributed by atoms with Crippen molar-refractivity contribution in [2.45, 2.75) is 26.2 Å². The second-order valence-electron chi connectivity index (χ2n) is 4.73. The zero-order valence-corrected chi connectivity index (χ0v) is 10.2. The van der Waals surface area contributed by atoms with E-state index in [1.807, 2.05) is 0 Å². The van der Waals surface area contributed by atoms with Crippen LogP contribution in [0.3, 0.4) is 0 Å². The predicted molar refractivity (Wildman–Crippen MR) is 68.6 cm³/mol. The number of nitrogens with zero attached hydrogens (tertiary/aromatic N) is 3. The first-order valence-electron chi connectivity index (χ1n) is 6.12. The molecule has 1 aliphatic rings. The lowest BCUT2D eigenvalue weighted by molar-refractivity contribution is 0.521. The van der Waals surface area contributed by atoms with Crippen molar-refractivity contribution in [3.8, 4) is 6.07 Å². The van der Waals surface area contributed by atoms with Gasteiger partial charge in [-0.05, 0) is 31.2 Å². The third-order valence-electron chi connectivity index (χ3n) is 3.41. The van der Waals surface area contributed by atoms with Gasteiger partial charge in [-0.15, -0.1) is 0 Å². The van der Waals surface area contributed by atoms with E-state index < -0.39 is 0 Å². The van der Waals surface area contributed by atoms with E-state index in [9.17, 15) is 0 Å². The molecule has 0 aliphatic carbocycles. The summed E-state index contributed by atoms with van der Waals surface area (Å²) in [7, 11) is 0. The number of pyridine rings is 1. The summed E-state index contributed by atoms with van der Waals surface area (Å²) in [4.78, 5) is 6.54. The number of anilines is 2. The monoisotopic (exact) mass is 230 g/mol. The lowest BCUT2D eigenvalue weighted by atomic mass is 10.0. The smallest absolute Gasteiger partial charge is 0.153 e. The molecule has 1 aliphatic heterocycles. The molecule has 4 heteroatoms. The van der Waals surface area contributed by atoms with Gasteiger partial charge in [0.05, 0.1) is 11.3 Å². The molecule has 0 saturated carbocycles. The van der Waals surface area contributed by atoms with Gasteiger partial charge in [-0.25, -0.2) is 4.98 Å². The molecule has 1 aromatic rings. The van der Waals surface area contributed by atoms with E-state index in [4.69, 9.17) is 11.0 Å². The lowest BCUT2D eigenvalue weighted by Crippen LogP contribution is -2.26. The standard InChI is InChI=1S/C13H18N4/c1-10-3-2-7-17(8-5-10)13-12(15)11(9-14)4-6-16-13/h4,6,10H,2-3,5,7-8,15H2,1H3. The Balaban J connectivity index is 2.25. The molecule has 1 atom stereocenters. The fourth-order valence-electron chi connectivity index (χ4n) is 2.29. The van der Waals surface area contributed by atoms with Gasteiger partial charge >= 0.3 is 0 Å². The molecular formula is C13H18N4. The number of nitrogen functional groups attached to an aromatic ring is 1. The van der Waals surface area contributed by atoms with Crippen LogP contribution in [-0.2, 0) is 0 Å². The van der Waals surface area contributed by atoms with Gasteiger partial charge < -0.3 is 10.6 Å². The molecule has 0 spiro atoms. The van der Waals surface area contributed by atoms with Crippen LogP contribution in [0.5, 0.6) is 0 Å². The molecule has 1 aromatic heterocycles. The lowest BCUT2D eigenvalue weighted by Gasteiger charge is -2.23. The Morgan fingerprint density at radius 1 is 1.47 bits per heavy atom. The average molecular weight is 230 g/mol. The van der Waals surface area contributed by atoms with Crippen LogP contribution in [0.15, 0.2) is 12.3 Å². The highest BCUT2D eigenvalue weighted by Gasteiger charge is 2.18. The van der Waals surface area contributed by atoms with Crippen molar-refractivity contribution in [1.82, 2.24) is 4.98 Å². The molecule has 2 rings (SSSR count). The molecule has 0 aromatic carbocycles. The van der Waals surface area contributed by atoms with Crippen LogP contribution in [0.4, 0.5) is 11.5 Å². The number of hydrogen-bond donors (Lipinski definition) is 1. The quantitative estimate of drug-likeness (QED) is 0.803. The molecule has 17 heavy (non-hydrogen) atoms. The zero-order chi connectivity index (χ0) is 12.3. The third-order valence-corrected chi connectivity index (χ3v) is 3.41. The molecule has 0 radical (unpaired) electrons. The summed E-state index contributed by atoms with van der Waals surface area (Å²) in [6, 6.07) is 3.77. The number of hydrogen-bond acceptors (Lipinski definition) is 4. The molecule has 1 saturated heterocycles. The first-order valence-corrected chi connectivity index (χ1v) is 6.12.